The van der Waals surface area contributed by atoms with Crippen molar-refractivity contribution in [2.24, 2.45) is 5.92 Å². The van der Waals surface area contributed by atoms with Crippen LogP contribution in [-0.4, -0.2) is 47.0 Å². The predicted molar refractivity (Wildman–Crippen MR) is 112 cm³/mol. The Labute approximate surface area is 166 Å². The number of nitrogens with zero attached hydrogens (tertiary/aromatic N) is 2. The number of likely N-dealkylation sites (tertiary alicyclic amines) is 1. The van der Waals surface area contributed by atoms with Gasteiger partial charge in [-0.05, 0) is 62.4 Å². The highest BCUT2D eigenvalue weighted by molar-refractivity contribution is 5.97. The molecule has 2 N–H and O–H groups in total. The topological polar surface area (TPSA) is 61.0 Å². The lowest BCUT2D eigenvalue weighted by molar-refractivity contribution is 0.0933. The molecule has 1 atom stereocenters. The van der Waals surface area contributed by atoms with Crippen LogP contribution in [0, 0.1) is 12.8 Å². The second-order valence-corrected chi connectivity index (χ2v) is 7.81. The van der Waals surface area contributed by atoms with Gasteiger partial charge in [-0.2, -0.15) is 0 Å². The van der Waals surface area contributed by atoms with Crippen molar-refractivity contribution in [2.45, 2.75) is 26.2 Å². The fourth-order valence-electron chi connectivity index (χ4n) is 4.07. The molecule has 28 heavy (non-hydrogen) atoms. The number of amides is 1. The third-order valence-corrected chi connectivity index (χ3v) is 5.58. The van der Waals surface area contributed by atoms with Crippen LogP contribution >= 0.6 is 0 Å². The Balaban J connectivity index is 1.28. The van der Waals surface area contributed by atoms with Gasteiger partial charge < -0.3 is 15.2 Å². The van der Waals surface area contributed by atoms with E-state index in [1.54, 1.807) is 0 Å². The molecule has 0 radical (unpaired) electrons. The van der Waals surface area contributed by atoms with E-state index in [-0.39, 0.29) is 5.91 Å². The summed E-state index contributed by atoms with van der Waals surface area (Å²) in [7, 11) is 0. The first-order valence-electron chi connectivity index (χ1n) is 10.2. The molecule has 1 saturated heterocycles. The number of carbonyl (C=O) groups is 1. The molecule has 1 aliphatic rings. The minimum atomic E-state index is -0.00411. The standard InChI is InChI=1S/C23H28N4O/c1-17-25-21-10-9-20(14-22(21)26-17)23(28)24-15-19-8-5-12-27(16-19)13-11-18-6-3-2-4-7-18/h2-4,6-7,9-10,14,19H,5,8,11-13,15-16H2,1H3,(H,24,28)(H,25,26). The first kappa shape index (κ1) is 18.7. The highest BCUT2D eigenvalue weighted by atomic mass is 16.1. The average molecular weight is 377 g/mol. The van der Waals surface area contributed by atoms with E-state index < -0.39 is 0 Å². The van der Waals surface area contributed by atoms with Crippen LogP contribution in [0.4, 0.5) is 0 Å². The molecule has 5 nitrogen and oxygen atoms in total. The zero-order valence-corrected chi connectivity index (χ0v) is 16.4. The number of rotatable bonds is 6. The number of H-pyrrole nitrogens is 1. The van der Waals surface area contributed by atoms with Crippen LogP contribution in [0.25, 0.3) is 11.0 Å². The van der Waals surface area contributed by atoms with Gasteiger partial charge in [0.1, 0.15) is 5.82 Å². The van der Waals surface area contributed by atoms with Gasteiger partial charge in [0.05, 0.1) is 11.0 Å². The van der Waals surface area contributed by atoms with E-state index in [4.69, 9.17) is 0 Å². The van der Waals surface area contributed by atoms with Gasteiger partial charge in [0, 0.05) is 25.2 Å². The fourth-order valence-corrected chi connectivity index (χ4v) is 4.07. The average Bonchev–Trinajstić information content (AvgIpc) is 3.11. The lowest BCUT2D eigenvalue weighted by atomic mass is 9.97. The van der Waals surface area contributed by atoms with Gasteiger partial charge in [-0.1, -0.05) is 30.3 Å². The van der Waals surface area contributed by atoms with E-state index in [1.807, 2.05) is 25.1 Å². The summed E-state index contributed by atoms with van der Waals surface area (Å²) in [6.45, 7) is 5.97. The van der Waals surface area contributed by atoms with E-state index >= 15 is 0 Å². The number of nitrogens with one attached hydrogen (secondary N) is 2. The molecule has 0 bridgehead atoms. The van der Waals surface area contributed by atoms with Crippen molar-refractivity contribution in [1.29, 1.82) is 0 Å². The van der Waals surface area contributed by atoms with Crippen LogP contribution in [-0.2, 0) is 6.42 Å². The minimum Gasteiger partial charge on any atom is -0.352 e. The Bertz CT molecular complexity index is 934. The second-order valence-electron chi connectivity index (χ2n) is 7.81. The number of fused-ring (bicyclic) bond motifs is 1. The van der Waals surface area contributed by atoms with Crippen molar-refractivity contribution in [1.82, 2.24) is 20.2 Å². The highest BCUT2D eigenvalue weighted by Crippen LogP contribution is 2.17. The molecule has 146 valence electrons. The van der Waals surface area contributed by atoms with Crippen LogP contribution in [0.5, 0.6) is 0 Å². The Hall–Kier alpha value is -2.66. The zero-order valence-electron chi connectivity index (χ0n) is 16.4. The SMILES string of the molecule is Cc1nc2ccc(C(=O)NCC3CCCN(CCc4ccccc4)C3)cc2[nH]1. The van der Waals surface area contributed by atoms with Crippen molar-refractivity contribution in [3.63, 3.8) is 0 Å². The Kier molecular flexibility index (Phi) is 5.72. The van der Waals surface area contributed by atoms with Gasteiger partial charge >= 0.3 is 0 Å². The molecule has 2 aromatic carbocycles. The van der Waals surface area contributed by atoms with Gasteiger partial charge in [-0.15, -0.1) is 0 Å². The maximum absolute atomic E-state index is 12.6. The molecule has 0 spiro atoms. The summed E-state index contributed by atoms with van der Waals surface area (Å²) in [5, 5.41) is 3.13. The number of hydrogen-bond acceptors (Lipinski definition) is 3. The number of benzene rings is 2. The second kappa shape index (κ2) is 8.57. The fraction of sp³-hybridized carbons (Fsp3) is 0.391. The summed E-state index contributed by atoms with van der Waals surface area (Å²) in [5.41, 5.74) is 3.89. The third kappa shape index (κ3) is 4.60. The molecule has 2 heterocycles. The maximum Gasteiger partial charge on any atom is 0.251 e. The normalized spacial score (nSPS) is 17.7. The van der Waals surface area contributed by atoms with Crippen molar-refractivity contribution < 1.29 is 4.79 Å². The Morgan fingerprint density at radius 3 is 2.96 bits per heavy atom. The lowest BCUT2D eigenvalue weighted by Crippen LogP contribution is -2.41. The van der Waals surface area contributed by atoms with Crippen molar-refractivity contribution in [2.75, 3.05) is 26.2 Å². The number of aryl methyl sites for hydroxylation is 1. The quantitative estimate of drug-likeness (QED) is 0.692. The third-order valence-electron chi connectivity index (χ3n) is 5.58. The number of carbonyl (C=O) groups excluding carboxylic acids is 1. The molecule has 1 amide bonds. The summed E-state index contributed by atoms with van der Waals surface area (Å²) in [4.78, 5) is 22.7. The Morgan fingerprint density at radius 2 is 2.11 bits per heavy atom. The highest BCUT2D eigenvalue weighted by Gasteiger charge is 2.20. The maximum atomic E-state index is 12.6. The number of imidazole rings is 1. The molecule has 1 aromatic heterocycles. The van der Waals surface area contributed by atoms with Gasteiger partial charge in [-0.3, -0.25) is 4.79 Å². The van der Waals surface area contributed by atoms with Crippen LogP contribution < -0.4 is 5.32 Å². The molecule has 0 aliphatic carbocycles. The van der Waals surface area contributed by atoms with Crippen molar-refractivity contribution in [3.8, 4) is 0 Å². The van der Waals surface area contributed by atoms with Crippen LogP contribution in [0.3, 0.4) is 0 Å². The van der Waals surface area contributed by atoms with Crippen LogP contribution in [0.2, 0.25) is 0 Å². The molecule has 1 fully saturated rings. The minimum absolute atomic E-state index is 0.00411. The molecule has 5 heteroatoms. The Morgan fingerprint density at radius 1 is 1.25 bits per heavy atom. The van der Waals surface area contributed by atoms with E-state index in [9.17, 15) is 4.79 Å². The number of hydrogen-bond donors (Lipinski definition) is 2. The molecular formula is C23H28N4O. The molecule has 1 aliphatic heterocycles. The van der Waals surface area contributed by atoms with E-state index in [0.717, 1.165) is 49.5 Å². The summed E-state index contributed by atoms with van der Waals surface area (Å²) >= 11 is 0. The van der Waals surface area contributed by atoms with E-state index in [2.05, 4.69) is 50.5 Å². The largest absolute Gasteiger partial charge is 0.352 e. The zero-order chi connectivity index (χ0) is 19.3. The van der Waals surface area contributed by atoms with Crippen molar-refractivity contribution >= 4 is 16.9 Å². The van der Waals surface area contributed by atoms with Gasteiger partial charge in [-0.25, -0.2) is 4.98 Å². The summed E-state index contributed by atoms with van der Waals surface area (Å²) < 4.78 is 0. The molecular weight excluding hydrogens is 348 g/mol. The van der Waals surface area contributed by atoms with Crippen LogP contribution in [0.1, 0.15) is 34.6 Å². The molecule has 4 rings (SSSR count). The smallest absolute Gasteiger partial charge is 0.251 e. The van der Waals surface area contributed by atoms with Gasteiger partial charge in [0.25, 0.3) is 5.91 Å². The monoisotopic (exact) mass is 376 g/mol. The first-order chi connectivity index (χ1) is 13.7. The summed E-state index contributed by atoms with van der Waals surface area (Å²) in [6.07, 6.45) is 3.47. The van der Waals surface area contributed by atoms with E-state index in [1.165, 1.54) is 18.4 Å². The number of aromatic nitrogens is 2. The first-order valence-corrected chi connectivity index (χ1v) is 10.2. The molecule has 3 aromatic rings. The van der Waals surface area contributed by atoms with E-state index in [0.29, 0.717) is 11.5 Å². The summed E-state index contributed by atoms with van der Waals surface area (Å²) in [6, 6.07) is 16.3. The molecule has 0 saturated carbocycles. The number of piperidine rings is 1. The predicted octanol–water partition coefficient (Wildman–Crippen LogP) is 3.56. The van der Waals surface area contributed by atoms with Gasteiger partial charge in [0.15, 0.2) is 0 Å². The lowest BCUT2D eigenvalue weighted by Gasteiger charge is -2.32. The van der Waals surface area contributed by atoms with Crippen molar-refractivity contribution in [3.05, 3.63) is 65.5 Å². The summed E-state index contributed by atoms with van der Waals surface area (Å²) in [5.74, 6) is 1.38. The van der Waals surface area contributed by atoms with Crippen LogP contribution in [0.15, 0.2) is 48.5 Å². The number of aromatic amines is 1. The van der Waals surface area contributed by atoms with Gasteiger partial charge in [0.2, 0.25) is 0 Å². The molecule has 1 unspecified atom stereocenters.